The Morgan fingerprint density at radius 2 is 1.92 bits per heavy atom. The molecule has 1 atom stereocenters. The fourth-order valence-corrected chi connectivity index (χ4v) is 4.14. The van der Waals surface area contributed by atoms with E-state index in [1.165, 1.54) is 11.8 Å². The van der Waals surface area contributed by atoms with Gasteiger partial charge in [0.1, 0.15) is 5.82 Å². The third-order valence-electron chi connectivity index (χ3n) is 4.51. The van der Waals surface area contributed by atoms with Gasteiger partial charge in [-0.25, -0.2) is 22.7 Å². The van der Waals surface area contributed by atoms with E-state index in [0.717, 1.165) is 35.6 Å². The maximum Gasteiger partial charge on any atom is 0.211 e. The van der Waals surface area contributed by atoms with Crippen LogP contribution in [0.3, 0.4) is 0 Å². The van der Waals surface area contributed by atoms with Crippen LogP contribution in [0.15, 0.2) is 30.3 Å². The second-order valence-corrected chi connectivity index (χ2v) is 8.51. The zero-order chi connectivity index (χ0) is 17.3. The second-order valence-electron chi connectivity index (χ2n) is 6.53. The van der Waals surface area contributed by atoms with Gasteiger partial charge in [0, 0.05) is 30.3 Å². The molecule has 1 aliphatic heterocycles. The smallest absolute Gasteiger partial charge is 0.211 e. The van der Waals surface area contributed by atoms with Crippen LogP contribution in [0.25, 0.3) is 11.3 Å². The summed E-state index contributed by atoms with van der Waals surface area (Å²) in [5.74, 6) is 0.803. The van der Waals surface area contributed by atoms with Crippen molar-refractivity contribution in [2.24, 2.45) is 0 Å². The maximum atomic E-state index is 11.8. The molecule has 128 valence electrons. The van der Waals surface area contributed by atoms with Crippen LogP contribution >= 0.6 is 0 Å². The molecular formula is C18H23N3O2S. The topological polar surface area (TPSA) is 63.2 Å². The van der Waals surface area contributed by atoms with Crippen LogP contribution in [0.1, 0.15) is 35.8 Å². The number of aromatic nitrogens is 2. The molecule has 1 unspecified atom stereocenters. The molecule has 0 aliphatic carbocycles. The molecule has 1 aliphatic rings. The quantitative estimate of drug-likeness (QED) is 0.858. The van der Waals surface area contributed by atoms with Gasteiger partial charge in [-0.1, -0.05) is 24.3 Å². The Hall–Kier alpha value is -1.79. The first-order chi connectivity index (χ1) is 11.3. The van der Waals surface area contributed by atoms with Gasteiger partial charge < -0.3 is 0 Å². The van der Waals surface area contributed by atoms with E-state index in [9.17, 15) is 8.42 Å². The first-order valence-electron chi connectivity index (χ1n) is 8.21. The highest BCUT2D eigenvalue weighted by Crippen LogP contribution is 2.28. The van der Waals surface area contributed by atoms with Gasteiger partial charge >= 0.3 is 0 Å². The molecule has 1 fully saturated rings. The Morgan fingerprint density at radius 3 is 2.62 bits per heavy atom. The highest BCUT2D eigenvalue weighted by atomic mass is 32.2. The van der Waals surface area contributed by atoms with Gasteiger partial charge in [0.05, 0.1) is 11.9 Å². The van der Waals surface area contributed by atoms with Crippen LogP contribution in [0.4, 0.5) is 0 Å². The van der Waals surface area contributed by atoms with Crippen LogP contribution in [-0.4, -0.2) is 42.0 Å². The van der Waals surface area contributed by atoms with Gasteiger partial charge in [-0.05, 0) is 38.3 Å². The SMILES string of the molecule is Cc1cc(-c2ccccc2C)nc(C2CCCN(S(C)(=O)=O)C2)n1. The highest BCUT2D eigenvalue weighted by molar-refractivity contribution is 7.88. The average Bonchev–Trinajstić information content (AvgIpc) is 2.54. The summed E-state index contributed by atoms with van der Waals surface area (Å²) in [6.45, 7) is 5.09. The largest absolute Gasteiger partial charge is 0.238 e. The molecule has 5 nitrogen and oxygen atoms in total. The van der Waals surface area contributed by atoms with E-state index in [1.54, 1.807) is 4.31 Å². The molecule has 2 aromatic rings. The standard InChI is InChI=1S/C18H23N3O2S/c1-13-7-4-5-9-16(13)17-11-14(2)19-18(20-17)15-8-6-10-21(12-15)24(3,22)23/h4-5,7,9,11,15H,6,8,10,12H2,1-3H3. The fourth-order valence-electron chi connectivity index (χ4n) is 3.23. The minimum absolute atomic E-state index is 0.0520. The van der Waals surface area contributed by atoms with Crippen molar-refractivity contribution in [3.05, 3.63) is 47.4 Å². The molecule has 0 amide bonds. The Labute approximate surface area is 143 Å². The van der Waals surface area contributed by atoms with Gasteiger partial charge in [0.25, 0.3) is 0 Å². The Balaban J connectivity index is 1.96. The summed E-state index contributed by atoms with van der Waals surface area (Å²) in [5.41, 5.74) is 4.09. The minimum Gasteiger partial charge on any atom is -0.238 e. The summed E-state index contributed by atoms with van der Waals surface area (Å²) in [5, 5.41) is 0. The summed E-state index contributed by atoms with van der Waals surface area (Å²) in [6.07, 6.45) is 3.03. The van der Waals surface area contributed by atoms with E-state index in [4.69, 9.17) is 4.98 Å². The molecule has 0 spiro atoms. The van der Waals surface area contributed by atoms with Crippen molar-refractivity contribution in [1.29, 1.82) is 0 Å². The van der Waals surface area contributed by atoms with E-state index < -0.39 is 10.0 Å². The normalized spacial score (nSPS) is 19.4. The summed E-state index contributed by atoms with van der Waals surface area (Å²) in [4.78, 5) is 9.37. The first-order valence-corrected chi connectivity index (χ1v) is 10.1. The number of rotatable bonds is 3. The van der Waals surface area contributed by atoms with Gasteiger partial charge in [0.2, 0.25) is 10.0 Å². The van der Waals surface area contributed by atoms with Crippen LogP contribution in [0, 0.1) is 13.8 Å². The first kappa shape index (κ1) is 17.0. The van der Waals surface area contributed by atoms with Gasteiger partial charge in [-0.2, -0.15) is 0 Å². The minimum atomic E-state index is -3.17. The lowest BCUT2D eigenvalue weighted by molar-refractivity contribution is 0.311. The number of aryl methyl sites for hydroxylation is 2. The fraction of sp³-hybridized carbons (Fsp3) is 0.444. The Bertz CT molecular complexity index is 849. The lowest BCUT2D eigenvalue weighted by atomic mass is 9.98. The van der Waals surface area contributed by atoms with E-state index >= 15 is 0 Å². The number of hydrogen-bond acceptors (Lipinski definition) is 4. The number of benzene rings is 1. The molecule has 2 heterocycles. The van der Waals surface area contributed by atoms with Crippen molar-refractivity contribution < 1.29 is 8.42 Å². The zero-order valence-electron chi connectivity index (χ0n) is 14.4. The molecule has 1 saturated heterocycles. The molecule has 0 saturated carbocycles. The summed E-state index contributed by atoms with van der Waals surface area (Å²) in [7, 11) is -3.17. The molecule has 1 aromatic heterocycles. The summed E-state index contributed by atoms with van der Waals surface area (Å²) in [6, 6.07) is 10.1. The van der Waals surface area contributed by atoms with Crippen LogP contribution in [0.5, 0.6) is 0 Å². The predicted octanol–water partition coefficient (Wildman–Crippen LogP) is 2.90. The molecule has 0 N–H and O–H groups in total. The van der Waals surface area contributed by atoms with Gasteiger partial charge in [0.15, 0.2) is 0 Å². The van der Waals surface area contributed by atoms with Crippen LogP contribution < -0.4 is 0 Å². The lowest BCUT2D eigenvalue weighted by Crippen LogP contribution is -2.38. The molecular weight excluding hydrogens is 322 g/mol. The summed E-state index contributed by atoms with van der Waals surface area (Å²) >= 11 is 0. The number of hydrogen-bond donors (Lipinski definition) is 0. The molecule has 0 radical (unpaired) electrons. The van der Waals surface area contributed by atoms with Crippen molar-refractivity contribution in [3.8, 4) is 11.3 Å². The third kappa shape index (κ3) is 3.65. The highest BCUT2D eigenvalue weighted by Gasteiger charge is 2.28. The molecule has 24 heavy (non-hydrogen) atoms. The van der Waals surface area contributed by atoms with Crippen molar-refractivity contribution in [2.45, 2.75) is 32.6 Å². The van der Waals surface area contributed by atoms with E-state index in [-0.39, 0.29) is 5.92 Å². The lowest BCUT2D eigenvalue weighted by Gasteiger charge is -2.30. The zero-order valence-corrected chi connectivity index (χ0v) is 15.2. The van der Waals surface area contributed by atoms with Crippen LogP contribution in [-0.2, 0) is 10.0 Å². The predicted molar refractivity (Wildman–Crippen MR) is 95.3 cm³/mol. The second kappa shape index (κ2) is 6.61. The molecule has 6 heteroatoms. The third-order valence-corrected chi connectivity index (χ3v) is 5.78. The van der Waals surface area contributed by atoms with Gasteiger partial charge in [-0.3, -0.25) is 0 Å². The van der Waals surface area contributed by atoms with Gasteiger partial charge in [-0.15, -0.1) is 0 Å². The van der Waals surface area contributed by atoms with E-state index in [2.05, 4.69) is 24.0 Å². The molecule has 1 aromatic carbocycles. The van der Waals surface area contributed by atoms with E-state index in [1.807, 2.05) is 25.1 Å². The Kier molecular flexibility index (Phi) is 4.69. The molecule has 3 rings (SSSR count). The number of piperidine rings is 1. The Morgan fingerprint density at radius 1 is 1.17 bits per heavy atom. The average molecular weight is 345 g/mol. The monoisotopic (exact) mass is 345 g/mol. The van der Waals surface area contributed by atoms with Crippen molar-refractivity contribution in [3.63, 3.8) is 0 Å². The number of sulfonamides is 1. The summed E-state index contributed by atoms with van der Waals surface area (Å²) < 4.78 is 25.2. The van der Waals surface area contributed by atoms with E-state index in [0.29, 0.717) is 13.1 Å². The maximum absolute atomic E-state index is 11.8. The number of nitrogens with zero attached hydrogens (tertiary/aromatic N) is 3. The van der Waals surface area contributed by atoms with Crippen molar-refractivity contribution in [1.82, 2.24) is 14.3 Å². The van der Waals surface area contributed by atoms with Crippen LogP contribution in [0.2, 0.25) is 0 Å². The van der Waals surface area contributed by atoms with Crippen molar-refractivity contribution in [2.75, 3.05) is 19.3 Å². The molecule has 0 bridgehead atoms. The van der Waals surface area contributed by atoms with Crippen molar-refractivity contribution >= 4 is 10.0 Å².